The number of hydrogen-bond donors (Lipinski definition) is 1. The third kappa shape index (κ3) is 2.69. The molecule has 92 valence electrons. The van der Waals surface area contributed by atoms with Crippen molar-refractivity contribution in [1.29, 1.82) is 0 Å². The van der Waals surface area contributed by atoms with Crippen molar-refractivity contribution in [3.63, 3.8) is 0 Å². The summed E-state index contributed by atoms with van der Waals surface area (Å²) in [5.41, 5.74) is 0. The highest BCUT2D eigenvalue weighted by Gasteiger charge is 2.33. The van der Waals surface area contributed by atoms with Crippen molar-refractivity contribution in [1.82, 2.24) is 10.2 Å². The largest absolute Gasteiger partial charge is 0.336 e. The van der Waals surface area contributed by atoms with Crippen molar-refractivity contribution in [2.24, 2.45) is 0 Å². The van der Waals surface area contributed by atoms with Crippen molar-refractivity contribution < 1.29 is 4.79 Å². The predicted molar refractivity (Wildman–Crippen MR) is 68.9 cm³/mol. The van der Waals surface area contributed by atoms with Gasteiger partial charge in [-0.05, 0) is 37.1 Å². The lowest BCUT2D eigenvalue weighted by Crippen LogP contribution is -2.50. The summed E-state index contributed by atoms with van der Waals surface area (Å²) >= 11 is 1.73. The van der Waals surface area contributed by atoms with E-state index < -0.39 is 0 Å². The quantitative estimate of drug-likeness (QED) is 0.886. The predicted octanol–water partition coefficient (Wildman–Crippen LogP) is 1.99. The summed E-state index contributed by atoms with van der Waals surface area (Å²) in [6.45, 7) is 1.71. The Labute approximate surface area is 106 Å². The van der Waals surface area contributed by atoms with Gasteiger partial charge in [-0.1, -0.05) is 6.07 Å². The van der Waals surface area contributed by atoms with E-state index in [0.717, 1.165) is 25.9 Å². The van der Waals surface area contributed by atoms with Crippen molar-refractivity contribution in [3.05, 3.63) is 22.4 Å². The second-order valence-electron chi connectivity index (χ2n) is 4.97. The third-order valence-electron chi connectivity index (χ3n) is 3.47. The van der Waals surface area contributed by atoms with Crippen LogP contribution in [0.15, 0.2) is 17.5 Å². The summed E-state index contributed by atoms with van der Waals surface area (Å²) in [5.74, 6) is 0.302. The van der Waals surface area contributed by atoms with Gasteiger partial charge in [0, 0.05) is 17.5 Å². The maximum atomic E-state index is 12.3. The number of amides is 1. The second-order valence-corrected chi connectivity index (χ2v) is 6.01. The molecule has 1 aromatic heterocycles. The highest BCUT2D eigenvalue weighted by atomic mass is 32.1. The first-order valence-electron chi connectivity index (χ1n) is 6.40. The molecule has 1 saturated heterocycles. The van der Waals surface area contributed by atoms with Crippen LogP contribution in [0, 0.1) is 0 Å². The molecule has 1 unspecified atom stereocenters. The smallest absolute Gasteiger partial charge is 0.240 e. The van der Waals surface area contributed by atoms with Gasteiger partial charge in [0.25, 0.3) is 0 Å². The average molecular weight is 250 g/mol. The van der Waals surface area contributed by atoms with Gasteiger partial charge in [0.1, 0.15) is 0 Å². The Bertz CT molecular complexity index is 386. The molecule has 2 fully saturated rings. The average Bonchev–Trinajstić information content (AvgIpc) is 2.99. The molecule has 0 bridgehead atoms. The zero-order chi connectivity index (χ0) is 11.7. The van der Waals surface area contributed by atoms with Crippen LogP contribution in [0.2, 0.25) is 0 Å². The number of carbonyl (C=O) groups is 1. The molecule has 2 heterocycles. The van der Waals surface area contributed by atoms with E-state index in [-0.39, 0.29) is 6.04 Å². The lowest BCUT2D eigenvalue weighted by molar-refractivity contribution is -0.136. The Morgan fingerprint density at radius 1 is 1.41 bits per heavy atom. The molecule has 1 N–H and O–H groups in total. The van der Waals surface area contributed by atoms with Crippen LogP contribution in [0.3, 0.4) is 0 Å². The van der Waals surface area contributed by atoms with Crippen molar-refractivity contribution in [3.8, 4) is 0 Å². The van der Waals surface area contributed by atoms with Gasteiger partial charge in [-0.25, -0.2) is 0 Å². The third-order valence-corrected chi connectivity index (χ3v) is 4.33. The molecule has 1 aliphatic heterocycles. The highest BCUT2D eigenvalue weighted by molar-refractivity contribution is 7.09. The van der Waals surface area contributed by atoms with Gasteiger partial charge in [-0.2, -0.15) is 0 Å². The van der Waals surface area contributed by atoms with Gasteiger partial charge in [0.05, 0.1) is 12.6 Å². The van der Waals surface area contributed by atoms with Crippen LogP contribution in [-0.4, -0.2) is 29.4 Å². The van der Waals surface area contributed by atoms with Gasteiger partial charge in [0.15, 0.2) is 0 Å². The molecule has 0 aromatic carbocycles. The maximum absolute atomic E-state index is 12.3. The number of nitrogens with zero attached hydrogens (tertiary/aromatic N) is 1. The molecule has 3 rings (SSSR count). The molecule has 1 amide bonds. The van der Waals surface area contributed by atoms with E-state index in [1.807, 2.05) is 11.0 Å². The molecule has 2 aliphatic rings. The Morgan fingerprint density at radius 2 is 2.29 bits per heavy atom. The number of thiophene rings is 1. The zero-order valence-corrected chi connectivity index (χ0v) is 10.7. The first-order valence-corrected chi connectivity index (χ1v) is 7.28. The van der Waals surface area contributed by atoms with Crippen LogP contribution in [0.25, 0.3) is 0 Å². The number of likely N-dealkylation sites (tertiary alicyclic amines) is 1. The molecule has 1 saturated carbocycles. The molecule has 1 aliphatic carbocycles. The van der Waals surface area contributed by atoms with Gasteiger partial charge in [-0.15, -0.1) is 11.3 Å². The summed E-state index contributed by atoms with van der Waals surface area (Å²) in [4.78, 5) is 15.6. The summed E-state index contributed by atoms with van der Waals surface area (Å²) in [6.07, 6.45) is 4.63. The number of rotatable bonds is 4. The van der Waals surface area contributed by atoms with Crippen LogP contribution in [0.4, 0.5) is 0 Å². The number of carbonyl (C=O) groups excluding carboxylic acids is 1. The fourth-order valence-electron chi connectivity index (χ4n) is 2.38. The van der Waals surface area contributed by atoms with Crippen LogP contribution >= 0.6 is 11.3 Å². The fraction of sp³-hybridized carbons (Fsp3) is 0.615. The number of nitrogens with one attached hydrogen (secondary N) is 1. The monoisotopic (exact) mass is 250 g/mol. The van der Waals surface area contributed by atoms with Gasteiger partial charge in [-0.3, -0.25) is 4.79 Å². The van der Waals surface area contributed by atoms with E-state index in [1.165, 1.54) is 17.7 Å². The number of piperidine rings is 1. The van der Waals surface area contributed by atoms with E-state index in [4.69, 9.17) is 0 Å². The van der Waals surface area contributed by atoms with E-state index in [2.05, 4.69) is 16.8 Å². The Morgan fingerprint density at radius 3 is 3.00 bits per heavy atom. The summed E-state index contributed by atoms with van der Waals surface area (Å²) < 4.78 is 0. The highest BCUT2D eigenvalue weighted by Crippen LogP contribution is 2.23. The van der Waals surface area contributed by atoms with E-state index >= 15 is 0 Å². The second kappa shape index (κ2) is 4.78. The Kier molecular flexibility index (Phi) is 3.16. The van der Waals surface area contributed by atoms with Gasteiger partial charge >= 0.3 is 0 Å². The van der Waals surface area contributed by atoms with Crippen LogP contribution < -0.4 is 5.32 Å². The van der Waals surface area contributed by atoms with Crippen LogP contribution in [0.5, 0.6) is 0 Å². The van der Waals surface area contributed by atoms with E-state index in [0.29, 0.717) is 11.9 Å². The molecular formula is C13H18N2OS. The molecule has 4 heteroatoms. The van der Waals surface area contributed by atoms with Crippen LogP contribution in [0.1, 0.15) is 30.6 Å². The molecule has 17 heavy (non-hydrogen) atoms. The molecule has 1 aromatic rings. The zero-order valence-electron chi connectivity index (χ0n) is 9.89. The van der Waals surface area contributed by atoms with Gasteiger partial charge < -0.3 is 10.2 Å². The number of hydrogen-bond acceptors (Lipinski definition) is 3. The summed E-state index contributed by atoms with van der Waals surface area (Å²) in [5, 5.41) is 5.54. The SMILES string of the molecule is O=C1C(NC2CC2)CCCN1Cc1cccs1. The Hall–Kier alpha value is -0.870. The fourth-order valence-corrected chi connectivity index (χ4v) is 3.10. The Balaban J connectivity index is 1.61. The molecule has 3 nitrogen and oxygen atoms in total. The maximum Gasteiger partial charge on any atom is 0.240 e. The van der Waals surface area contributed by atoms with Crippen molar-refractivity contribution in [2.75, 3.05) is 6.54 Å². The summed E-state index contributed by atoms with van der Waals surface area (Å²) in [7, 11) is 0. The standard InChI is InChI=1S/C13H18N2OS/c16-13-12(14-10-5-6-10)4-1-7-15(13)9-11-3-2-8-17-11/h2-3,8,10,12,14H,1,4-7,9H2. The van der Waals surface area contributed by atoms with Crippen LogP contribution in [-0.2, 0) is 11.3 Å². The first-order chi connectivity index (χ1) is 8.33. The minimum Gasteiger partial charge on any atom is -0.336 e. The normalized spacial score (nSPS) is 25.3. The minimum absolute atomic E-state index is 0.0798. The van der Waals surface area contributed by atoms with Crippen molar-refractivity contribution in [2.45, 2.75) is 44.3 Å². The van der Waals surface area contributed by atoms with E-state index in [9.17, 15) is 4.79 Å². The lowest BCUT2D eigenvalue weighted by Gasteiger charge is -2.32. The minimum atomic E-state index is 0.0798. The first kappa shape index (κ1) is 11.2. The molecular weight excluding hydrogens is 232 g/mol. The lowest BCUT2D eigenvalue weighted by atomic mass is 10.0. The molecule has 0 radical (unpaired) electrons. The molecule has 1 atom stereocenters. The van der Waals surface area contributed by atoms with E-state index in [1.54, 1.807) is 11.3 Å². The molecule has 0 spiro atoms. The topological polar surface area (TPSA) is 32.3 Å². The summed E-state index contributed by atoms with van der Waals surface area (Å²) in [6, 6.07) is 4.85. The van der Waals surface area contributed by atoms with Crippen molar-refractivity contribution >= 4 is 17.2 Å². The van der Waals surface area contributed by atoms with Gasteiger partial charge in [0.2, 0.25) is 5.91 Å².